The molecular formula is C16H34N2. The first-order valence-corrected chi connectivity index (χ1v) is 8.17. The Morgan fingerprint density at radius 3 is 2.28 bits per heavy atom. The van der Waals surface area contributed by atoms with Crippen molar-refractivity contribution in [1.82, 2.24) is 5.32 Å². The highest BCUT2D eigenvalue weighted by Crippen LogP contribution is 2.21. The predicted octanol–water partition coefficient (Wildman–Crippen LogP) is 3.70. The highest BCUT2D eigenvalue weighted by Gasteiger charge is 2.13. The SMILES string of the molecule is CC(C)C(CCN)CCCNC1CCCCCC1. The fraction of sp³-hybridized carbons (Fsp3) is 1.00. The summed E-state index contributed by atoms with van der Waals surface area (Å²) in [6, 6.07) is 0.805. The van der Waals surface area contributed by atoms with E-state index in [1.54, 1.807) is 0 Å². The Kier molecular flexibility index (Phi) is 8.70. The first-order chi connectivity index (χ1) is 8.74. The van der Waals surface area contributed by atoms with Gasteiger partial charge in [-0.1, -0.05) is 39.5 Å². The van der Waals surface area contributed by atoms with Crippen LogP contribution in [0.4, 0.5) is 0 Å². The van der Waals surface area contributed by atoms with Crippen LogP contribution >= 0.6 is 0 Å². The molecule has 1 saturated carbocycles. The topological polar surface area (TPSA) is 38.0 Å². The van der Waals surface area contributed by atoms with Crippen molar-refractivity contribution in [3.8, 4) is 0 Å². The van der Waals surface area contributed by atoms with Crippen molar-refractivity contribution in [3.05, 3.63) is 0 Å². The summed E-state index contributed by atoms with van der Waals surface area (Å²) in [5, 5.41) is 3.77. The lowest BCUT2D eigenvalue weighted by Crippen LogP contribution is -2.29. The molecule has 0 aromatic heterocycles. The lowest BCUT2D eigenvalue weighted by Gasteiger charge is -2.21. The molecule has 0 saturated heterocycles. The minimum atomic E-state index is 0.784. The highest BCUT2D eigenvalue weighted by atomic mass is 14.9. The molecule has 3 N–H and O–H groups in total. The van der Waals surface area contributed by atoms with Gasteiger partial charge in [0.2, 0.25) is 0 Å². The van der Waals surface area contributed by atoms with Crippen LogP contribution in [-0.2, 0) is 0 Å². The normalized spacial score (nSPS) is 20.0. The van der Waals surface area contributed by atoms with Crippen LogP contribution in [0.1, 0.15) is 71.6 Å². The highest BCUT2D eigenvalue weighted by molar-refractivity contribution is 4.71. The van der Waals surface area contributed by atoms with Gasteiger partial charge in [0.15, 0.2) is 0 Å². The maximum atomic E-state index is 5.69. The molecule has 108 valence electrons. The van der Waals surface area contributed by atoms with Gasteiger partial charge in [0.25, 0.3) is 0 Å². The van der Waals surface area contributed by atoms with Crippen LogP contribution < -0.4 is 11.1 Å². The van der Waals surface area contributed by atoms with Crippen LogP contribution in [0.3, 0.4) is 0 Å². The van der Waals surface area contributed by atoms with Crippen molar-refractivity contribution >= 4 is 0 Å². The van der Waals surface area contributed by atoms with Gasteiger partial charge in [-0.2, -0.15) is 0 Å². The van der Waals surface area contributed by atoms with Gasteiger partial charge in [-0.15, -0.1) is 0 Å². The first-order valence-electron chi connectivity index (χ1n) is 8.17. The zero-order valence-corrected chi connectivity index (χ0v) is 12.6. The number of nitrogens with two attached hydrogens (primary N) is 1. The summed E-state index contributed by atoms with van der Waals surface area (Å²) in [4.78, 5) is 0. The third-order valence-corrected chi connectivity index (χ3v) is 4.52. The fourth-order valence-electron chi connectivity index (χ4n) is 3.18. The Balaban J connectivity index is 2.08. The van der Waals surface area contributed by atoms with E-state index in [0.717, 1.165) is 24.4 Å². The maximum absolute atomic E-state index is 5.69. The van der Waals surface area contributed by atoms with Crippen molar-refractivity contribution in [2.75, 3.05) is 13.1 Å². The van der Waals surface area contributed by atoms with Crippen molar-refractivity contribution in [3.63, 3.8) is 0 Å². The van der Waals surface area contributed by atoms with E-state index in [1.165, 1.54) is 64.3 Å². The van der Waals surface area contributed by atoms with Gasteiger partial charge < -0.3 is 11.1 Å². The lowest BCUT2D eigenvalue weighted by atomic mass is 9.88. The minimum absolute atomic E-state index is 0.784. The van der Waals surface area contributed by atoms with E-state index in [2.05, 4.69) is 19.2 Å². The molecule has 1 fully saturated rings. The predicted molar refractivity (Wildman–Crippen MR) is 80.7 cm³/mol. The second-order valence-corrected chi connectivity index (χ2v) is 6.37. The Morgan fingerprint density at radius 1 is 1.06 bits per heavy atom. The van der Waals surface area contributed by atoms with Crippen molar-refractivity contribution in [2.45, 2.75) is 77.7 Å². The summed E-state index contributed by atoms with van der Waals surface area (Å²) in [7, 11) is 0. The Labute approximate surface area is 114 Å². The van der Waals surface area contributed by atoms with Gasteiger partial charge >= 0.3 is 0 Å². The molecule has 0 spiro atoms. The van der Waals surface area contributed by atoms with Crippen molar-refractivity contribution in [1.29, 1.82) is 0 Å². The molecule has 1 rings (SSSR count). The second kappa shape index (κ2) is 9.80. The molecule has 0 amide bonds. The molecule has 0 aromatic carbocycles. The average Bonchev–Trinajstić information content (AvgIpc) is 2.61. The van der Waals surface area contributed by atoms with E-state index in [0.29, 0.717) is 0 Å². The molecule has 1 unspecified atom stereocenters. The zero-order chi connectivity index (χ0) is 13.2. The average molecular weight is 254 g/mol. The smallest absolute Gasteiger partial charge is 0.00670 e. The van der Waals surface area contributed by atoms with Crippen LogP contribution in [0.25, 0.3) is 0 Å². The zero-order valence-electron chi connectivity index (χ0n) is 12.6. The molecule has 2 heteroatoms. The molecule has 0 heterocycles. The number of rotatable bonds is 8. The largest absolute Gasteiger partial charge is 0.330 e. The summed E-state index contributed by atoms with van der Waals surface area (Å²) < 4.78 is 0. The third-order valence-electron chi connectivity index (χ3n) is 4.52. The third kappa shape index (κ3) is 6.75. The van der Waals surface area contributed by atoms with Gasteiger partial charge in [0, 0.05) is 6.04 Å². The second-order valence-electron chi connectivity index (χ2n) is 6.37. The Bertz CT molecular complexity index is 184. The van der Waals surface area contributed by atoms with E-state index in [4.69, 9.17) is 5.73 Å². The van der Waals surface area contributed by atoms with E-state index >= 15 is 0 Å². The maximum Gasteiger partial charge on any atom is 0.00670 e. The van der Waals surface area contributed by atoms with Gasteiger partial charge in [0.05, 0.1) is 0 Å². The van der Waals surface area contributed by atoms with Crippen LogP contribution in [0.15, 0.2) is 0 Å². The molecule has 1 aliphatic carbocycles. The van der Waals surface area contributed by atoms with Crippen LogP contribution in [-0.4, -0.2) is 19.1 Å². The number of nitrogens with one attached hydrogen (secondary N) is 1. The Morgan fingerprint density at radius 2 is 1.72 bits per heavy atom. The molecule has 18 heavy (non-hydrogen) atoms. The van der Waals surface area contributed by atoms with E-state index in [1.807, 2.05) is 0 Å². The van der Waals surface area contributed by atoms with E-state index in [9.17, 15) is 0 Å². The molecule has 1 atom stereocenters. The fourth-order valence-corrected chi connectivity index (χ4v) is 3.18. The molecule has 0 aliphatic heterocycles. The van der Waals surface area contributed by atoms with E-state index < -0.39 is 0 Å². The van der Waals surface area contributed by atoms with Crippen molar-refractivity contribution < 1.29 is 0 Å². The quantitative estimate of drug-likeness (QED) is 0.512. The molecule has 0 bridgehead atoms. The summed E-state index contributed by atoms with van der Waals surface area (Å²) >= 11 is 0. The molecular weight excluding hydrogens is 220 g/mol. The summed E-state index contributed by atoms with van der Waals surface area (Å²) in [6.45, 7) is 6.72. The van der Waals surface area contributed by atoms with Gasteiger partial charge in [-0.05, 0) is 57.0 Å². The Hall–Kier alpha value is -0.0800. The first kappa shape index (κ1) is 16.0. The van der Waals surface area contributed by atoms with Crippen LogP contribution in [0.2, 0.25) is 0 Å². The summed E-state index contributed by atoms with van der Waals surface area (Å²) in [6.07, 6.45) is 12.4. The summed E-state index contributed by atoms with van der Waals surface area (Å²) in [5.74, 6) is 1.61. The van der Waals surface area contributed by atoms with Gasteiger partial charge in [-0.3, -0.25) is 0 Å². The lowest BCUT2D eigenvalue weighted by molar-refractivity contribution is 0.325. The van der Waals surface area contributed by atoms with Gasteiger partial charge in [0.1, 0.15) is 0 Å². The minimum Gasteiger partial charge on any atom is -0.330 e. The number of hydrogen-bond donors (Lipinski definition) is 2. The van der Waals surface area contributed by atoms with Crippen LogP contribution in [0, 0.1) is 11.8 Å². The van der Waals surface area contributed by atoms with Crippen molar-refractivity contribution in [2.24, 2.45) is 17.6 Å². The monoisotopic (exact) mass is 254 g/mol. The van der Waals surface area contributed by atoms with E-state index in [-0.39, 0.29) is 0 Å². The molecule has 0 radical (unpaired) electrons. The standard InChI is InChI=1S/C16H34N2/c1-14(2)15(11-12-17)8-7-13-18-16-9-5-3-4-6-10-16/h14-16,18H,3-13,17H2,1-2H3. The summed E-state index contributed by atoms with van der Waals surface area (Å²) in [5.41, 5.74) is 5.69. The molecule has 0 aromatic rings. The molecule has 2 nitrogen and oxygen atoms in total. The molecule has 1 aliphatic rings. The number of hydrogen-bond acceptors (Lipinski definition) is 2. The van der Waals surface area contributed by atoms with Crippen LogP contribution in [0.5, 0.6) is 0 Å². The van der Waals surface area contributed by atoms with Gasteiger partial charge in [-0.25, -0.2) is 0 Å².